The second-order valence-corrected chi connectivity index (χ2v) is 5.83. The van der Waals surface area contributed by atoms with E-state index in [0.29, 0.717) is 18.2 Å². The van der Waals surface area contributed by atoms with Crippen molar-refractivity contribution in [1.82, 2.24) is 0 Å². The van der Waals surface area contributed by atoms with Gasteiger partial charge in [0.25, 0.3) is 0 Å². The van der Waals surface area contributed by atoms with Crippen LogP contribution in [-0.4, -0.2) is 12.5 Å². The lowest BCUT2D eigenvalue weighted by Gasteiger charge is -2.23. The first-order valence-electron chi connectivity index (χ1n) is 6.63. The number of hydrogen-bond donors (Lipinski definition) is 0. The summed E-state index contributed by atoms with van der Waals surface area (Å²) in [6, 6.07) is 2.09. The Morgan fingerprint density at radius 3 is 3.00 bits per heavy atom. The molecule has 1 aromatic heterocycles. The van der Waals surface area contributed by atoms with Crippen LogP contribution in [0.2, 0.25) is 0 Å². The molecule has 1 unspecified atom stereocenters. The fourth-order valence-corrected chi connectivity index (χ4v) is 3.32. The van der Waals surface area contributed by atoms with Gasteiger partial charge in [0.1, 0.15) is 0 Å². The van der Waals surface area contributed by atoms with Crippen molar-refractivity contribution >= 4 is 22.9 Å². The number of hydrogen-bond acceptors (Lipinski definition) is 2. The Labute approximate surface area is 108 Å². The van der Waals surface area contributed by atoms with Crippen LogP contribution in [0.3, 0.4) is 0 Å². The highest BCUT2D eigenvalue weighted by atomic mass is 32.1. The van der Waals surface area contributed by atoms with Crippen molar-refractivity contribution in [3.63, 3.8) is 0 Å². The first-order valence-corrected chi connectivity index (χ1v) is 7.51. The Balaban J connectivity index is 2.00. The standard InChI is InChI=1S/C14H21NOS/c1-3-5-6-11(4-2)10-15-12-7-8-17-13(12)9-14(15)16/h7-8,11H,3-6,9-10H2,1-2H3. The SMILES string of the molecule is CCCCC(CC)CN1C(=O)Cc2sccc21. The number of carbonyl (C=O) groups is 1. The molecule has 0 saturated carbocycles. The van der Waals surface area contributed by atoms with Gasteiger partial charge in [-0.25, -0.2) is 0 Å². The Morgan fingerprint density at radius 1 is 1.47 bits per heavy atom. The number of fused-ring (bicyclic) bond motifs is 1. The summed E-state index contributed by atoms with van der Waals surface area (Å²) >= 11 is 1.71. The van der Waals surface area contributed by atoms with Gasteiger partial charge in [-0.15, -0.1) is 11.3 Å². The highest BCUT2D eigenvalue weighted by Crippen LogP contribution is 2.34. The van der Waals surface area contributed by atoms with Gasteiger partial charge in [0.15, 0.2) is 0 Å². The minimum absolute atomic E-state index is 0.293. The normalized spacial score (nSPS) is 16.4. The van der Waals surface area contributed by atoms with Crippen molar-refractivity contribution in [2.45, 2.75) is 46.0 Å². The molecule has 0 saturated heterocycles. The maximum Gasteiger partial charge on any atom is 0.232 e. The summed E-state index contributed by atoms with van der Waals surface area (Å²) in [6.07, 6.45) is 5.56. The Kier molecular flexibility index (Phi) is 4.21. The van der Waals surface area contributed by atoms with Crippen molar-refractivity contribution in [2.75, 3.05) is 11.4 Å². The molecule has 0 aliphatic carbocycles. The van der Waals surface area contributed by atoms with Crippen LogP contribution < -0.4 is 4.90 Å². The van der Waals surface area contributed by atoms with Crippen LogP contribution in [0.5, 0.6) is 0 Å². The molecule has 1 aromatic rings. The summed E-state index contributed by atoms with van der Waals surface area (Å²) in [5.74, 6) is 0.951. The minimum atomic E-state index is 0.293. The fourth-order valence-electron chi connectivity index (χ4n) is 2.45. The lowest BCUT2D eigenvalue weighted by atomic mass is 9.99. The molecule has 1 aliphatic heterocycles. The molecule has 0 bridgehead atoms. The van der Waals surface area contributed by atoms with Crippen molar-refractivity contribution in [3.05, 3.63) is 16.3 Å². The summed E-state index contributed by atoms with van der Waals surface area (Å²) in [7, 11) is 0. The van der Waals surface area contributed by atoms with E-state index >= 15 is 0 Å². The second-order valence-electron chi connectivity index (χ2n) is 4.83. The van der Waals surface area contributed by atoms with E-state index in [9.17, 15) is 4.79 Å². The average Bonchev–Trinajstić information content (AvgIpc) is 2.87. The van der Waals surface area contributed by atoms with Crippen molar-refractivity contribution in [1.29, 1.82) is 0 Å². The number of amides is 1. The monoisotopic (exact) mass is 251 g/mol. The highest BCUT2D eigenvalue weighted by molar-refractivity contribution is 7.10. The van der Waals surface area contributed by atoms with E-state index in [1.165, 1.54) is 36.2 Å². The zero-order valence-electron chi connectivity index (χ0n) is 10.7. The van der Waals surface area contributed by atoms with Crippen LogP contribution in [0.4, 0.5) is 5.69 Å². The molecule has 3 heteroatoms. The van der Waals surface area contributed by atoms with E-state index in [1.54, 1.807) is 11.3 Å². The van der Waals surface area contributed by atoms with Crippen LogP contribution in [0, 0.1) is 5.92 Å². The number of rotatable bonds is 6. The first-order chi connectivity index (χ1) is 8.26. The largest absolute Gasteiger partial charge is 0.311 e. The Morgan fingerprint density at radius 2 is 2.29 bits per heavy atom. The molecule has 2 rings (SSSR count). The van der Waals surface area contributed by atoms with Gasteiger partial charge in [-0.3, -0.25) is 4.79 Å². The minimum Gasteiger partial charge on any atom is -0.311 e. The molecule has 0 aromatic carbocycles. The van der Waals surface area contributed by atoms with E-state index in [1.807, 2.05) is 4.90 Å². The number of nitrogens with zero attached hydrogens (tertiary/aromatic N) is 1. The van der Waals surface area contributed by atoms with E-state index in [0.717, 1.165) is 6.54 Å². The average molecular weight is 251 g/mol. The molecular formula is C14H21NOS. The van der Waals surface area contributed by atoms with Gasteiger partial charge in [-0.2, -0.15) is 0 Å². The topological polar surface area (TPSA) is 20.3 Å². The third-order valence-electron chi connectivity index (χ3n) is 3.61. The zero-order valence-corrected chi connectivity index (χ0v) is 11.6. The summed E-state index contributed by atoms with van der Waals surface area (Å²) in [5, 5.41) is 2.09. The molecule has 2 nitrogen and oxygen atoms in total. The molecule has 94 valence electrons. The summed E-state index contributed by atoms with van der Waals surface area (Å²) in [6.45, 7) is 5.37. The molecule has 0 N–H and O–H groups in total. The van der Waals surface area contributed by atoms with Crippen LogP contribution in [0.15, 0.2) is 11.4 Å². The third kappa shape index (κ3) is 2.71. The van der Waals surface area contributed by atoms with E-state index < -0.39 is 0 Å². The van der Waals surface area contributed by atoms with E-state index in [-0.39, 0.29) is 0 Å². The van der Waals surface area contributed by atoms with Crippen LogP contribution in [-0.2, 0) is 11.2 Å². The lowest BCUT2D eigenvalue weighted by molar-refractivity contribution is -0.117. The highest BCUT2D eigenvalue weighted by Gasteiger charge is 2.29. The molecule has 1 amide bonds. The molecule has 0 spiro atoms. The van der Waals surface area contributed by atoms with Gasteiger partial charge in [0, 0.05) is 11.4 Å². The number of carbonyl (C=O) groups excluding carboxylic acids is 1. The molecule has 1 aliphatic rings. The summed E-state index contributed by atoms with van der Waals surface area (Å²) in [4.78, 5) is 15.2. The number of anilines is 1. The van der Waals surface area contributed by atoms with E-state index in [2.05, 4.69) is 25.3 Å². The number of unbranched alkanes of at least 4 members (excludes halogenated alkanes) is 1. The van der Waals surface area contributed by atoms with Crippen molar-refractivity contribution in [2.24, 2.45) is 5.92 Å². The molecule has 1 atom stereocenters. The third-order valence-corrected chi connectivity index (χ3v) is 4.52. The van der Waals surface area contributed by atoms with Crippen LogP contribution in [0.25, 0.3) is 0 Å². The van der Waals surface area contributed by atoms with Gasteiger partial charge in [-0.1, -0.05) is 33.1 Å². The molecule has 0 radical (unpaired) electrons. The molecule has 0 fully saturated rings. The predicted molar refractivity (Wildman–Crippen MR) is 73.7 cm³/mol. The Bertz CT molecular complexity index is 385. The van der Waals surface area contributed by atoms with Gasteiger partial charge in [-0.05, 0) is 23.8 Å². The van der Waals surface area contributed by atoms with Crippen LogP contribution >= 0.6 is 11.3 Å². The first kappa shape index (κ1) is 12.6. The van der Waals surface area contributed by atoms with Gasteiger partial charge < -0.3 is 4.90 Å². The maximum absolute atomic E-state index is 12.0. The quantitative estimate of drug-likeness (QED) is 0.752. The second kappa shape index (κ2) is 5.67. The van der Waals surface area contributed by atoms with Crippen molar-refractivity contribution < 1.29 is 4.79 Å². The zero-order chi connectivity index (χ0) is 12.3. The molecule has 17 heavy (non-hydrogen) atoms. The Hall–Kier alpha value is -0.830. The van der Waals surface area contributed by atoms with Crippen LogP contribution in [0.1, 0.15) is 44.4 Å². The smallest absolute Gasteiger partial charge is 0.232 e. The molecule has 2 heterocycles. The van der Waals surface area contributed by atoms with Gasteiger partial charge >= 0.3 is 0 Å². The fraction of sp³-hybridized carbons (Fsp3) is 0.643. The lowest BCUT2D eigenvalue weighted by Crippen LogP contribution is -2.32. The maximum atomic E-state index is 12.0. The summed E-state index contributed by atoms with van der Waals surface area (Å²) < 4.78 is 0. The predicted octanol–water partition coefficient (Wildman–Crippen LogP) is 3.85. The van der Waals surface area contributed by atoms with Crippen molar-refractivity contribution in [3.8, 4) is 0 Å². The summed E-state index contributed by atoms with van der Waals surface area (Å²) in [5.41, 5.74) is 1.18. The number of thiophene rings is 1. The van der Waals surface area contributed by atoms with E-state index in [4.69, 9.17) is 0 Å². The molecular weight excluding hydrogens is 230 g/mol. The van der Waals surface area contributed by atoms with Gasteiger partial charge in [0.05, 0.1) is 12.1 Å². The van der Waals surface area contributed by atoms with Gasteiger partial charge in [0.2, 0.25) is 5.91 Å².